The highest BCUT2D eigenvalue weighted by molar-refractivity contribution is 5.76. The Morgan fingerprint density at radius 2 is 1.90 bits per heavy atom. The molecule has 112 valence electrons. The zero-order chi connectivity index (χ0) is 15.2. The van der Waals surface area contributed by atoms with Gasteiger partial charge in [0.15, 0.2) is 0 Å². The molecule has 0 bridgehead atoms. The van der Waals surface area contributed by atoms with E-state index < -0.39 is 5.60 Å². The van der Waals surface area contributed by atoms with Crippen molar-refractivity contribution >= 4 is 11.6 Å². The van der Waals surface area contributed by atoms with E-state index in [-0.39, 0.29) is 5.91 Å². The molecule has 0 radical (unpaired) electrons. The van der Waals surface area contributed by atoms with E-state index >= 15 is 0 Å². The summed E-state index contributed by atoms with van der Waals surface area (Å²) >= 11 is 0. The van der Waals surface area contributed by atoms with Crippen LogP contribution in [0.4, 0.5) is 5.69 Å². The number of anilines is 1. The van der Waals surface area contributed by atoms with Gasteiger partial charge in [-0.25, -0.2) is 0 Å². The van der Waals surface area contributed by atoms with Crippen LogP contribution in [0.15, 0.2) is 24.3 Å². The van der Waals surface area contributed by atoms with Crippen molar-refractivity contribution in [3.05, 3.63) is 29.8 Å². The zero-order valence-corrected chi connectivity index (χ0v) is 12.9. The van der Waals surface area contributed by atoms with Crippen LogP contribution in [0.1, 0.15) is 32.3 Å². The number of hydrogen-bond donors (Lipinski definition) is 2. The zero-order valence-electron chi connectivity index (χ0n) is 12.9. The van der Waals surface area contributed by atoms with Gasteiger partial charge in [0.25, 0.3) is 0 Å². The van der Waals surface area contributed by atoms with Gasteiger partial charge < -0.3 is 15.3 Å². The Kier molecular flexibility index (Phi) is 6.02. The Bertz CT molecular complexity index is 425. The first kappa shape index (κ1) is 16.5. The predicted molar refractivity (Wildman–Crippen MR) is 83.0 cm³/mol. The molecular formula is C16H26N2O2. The van der Waals surface area contributed by atoms with E-state index in [0.29, 0.717) is 25.8 Å². The maximum atomic E-state index is 11.7. The Morgan fingerprint density at radius 3 is 2.40 bits per heavy atom. The lowest BCUT2D eigenvalue weighted by atomic mass is 10.0. The average Bonchev–Trinajstić information content (AvgIpc) is 2.43. The first-order valence-corrected chi connectivity index (χ1v) is 7.09. The van der Waals surface area contributed by atoms with Crippen LogP contribution >= 0.6 is 0 Å². The lowest BCUT2D eigenvalue weighted by Crippen LogP contribution is -2.40. The summed E-state index contributed by atoms with van der Waals surface area (Å²) in [6, 6.07) is 8.19. The fourth-order valence-electron chi connectivity index (χ4n) is 1.72. The lowest BCUT2D eigenvalue weighted by Gasteiger charge is -2.21. The number of amides is 1. The highest BCUT2D eigenvalue weighted by Gasteiger charge is 2.18. The van der Waals surface area contributed by atoms with Crippen molar-refractivity contribution in [3.8, 4) is 0 Å². The number of nitrogens with one attached hydrogen (secondary N) is 1. The predicted octanol–water partition coefficient (Wildman–Crippen LogP) is 1.96. The third kappa shape index (κ3) is 5.61. The molecule has 1 rings (SSSR count). The molecule has 0 fully saturated rings. The standard InChI is InChI=1S/C16H26N2O2/c1-5-16(2,20)12-17-15(19)11-8-13-6-9-14(10-7-13)18(3)4/h6-7,9-10,20H,5,8,11-12H2,1-4H3,(H,17,19). The largest absolute Gasteiger partial charge is 0.388 e. The molecule has 4 heteroatoms. The van der Waals surface area contributed by atoms with E-state index in [9.17, 15) is 9.90 Å². The van der Waals surface area contributed by atoms with Gasteiger partial charge in [-0.1, -0.05) is 19.1 Å². The fourth-order valence-corrected chi connectivity index (χ4v) is 1.72. The molecule has 4 nitrogen and oxygen atoms in total. The molecule has 0 heterocycles. The van der Waals surface area contributed by atoms with E-state index in [0.717, 1.165) is 11.3 Å². The summed E-state index contributed by atoms with van der Waals surface area (Å²) < 4.78 is 0. The van der Waals surface area contributed by atoms with Gasteiger partial charge in [-0.05, 0) is 37.5 Å². The van der Waals surface area contributed by atoms with E-state index in [4.69, 9.17) is 0 Å². The van der Waals surface area contributed by atoms with Crippen molar-refractivity contribution in [1.82, 2.24) is 5.32 Å². The second-order valence-electron chi connectivity index (χ2n) is 5.69. The van der Waals surface area contributed by atoms with Crippen LogP contribution in [0.2, 0.25) is 0 Å². The smallest absolute Gasteiger partial charge is 0.220 e. The molecule has 0 saturated heterocycles. The van der Waals surface area contributed by atoms with Crippen LogP contribution in [0.5, 0.6) is 0 Å². The van der Waals surface area contributed by atoms with Crippen molar-refractivity contribution in [2.75, 3.05) is 25.5 Å². The van der Waals surface area contributed by atoms with Gasteiger partial charge in [-0.3, -0.25) is 4.79 Å². The quantitative estimate of drug-likeness (QED) is 0.801. The van der Waals surface area contributed by atoms with Crippen LogP contribution in [-0.4, -0.2) is 37.3 Å². The van der Waals surface area contributed by atoms with Crippen LogP contribution in [0, 0.1) is 0 Å². The summed E-state index contributed by atoms with van der Waals surface area (Å²) in [6.45, 7) is 3.94. The number of rotatable bonds is 7. The van der Waals surface area contributed by atoms with Crippen LogP contribution < -0.4 is 10.2 Å². The van der Waals surface area contributed by atoms with E-state index in [1.165, 1.54) is 0 Å². The van der Waals surface area contributed by atoms with Crippen molar-refractivity contribution in [2.45, 2.75) is 38.7 Å². The summed E-state index contributed by atoms with van der Waals surface area (Å²) in [5, 5.41) is 12.6. The molecule has 1 amide bonds. The van der Waals surface area contributed by atoms with Gasteiger partial charge >= 0.3 is 0 Å². The number of carbonyl (C=O) groups excluding carboxylic acids is 1. The van der Waals surface area contributed by atoms with Gasteiger partial charge in [0.1, 0.15) is 0 Å². The van der Waals surface area contributed by atoms with Gasteiger partial charge in [-0.2, -0.15) is 0 Å². The molecule has 0 aliphatic carbocycles. The van der Waals surface area contributed by atoms with Crippen LogP contribution in [0.3, 0.4) is 0 Å². The molecule has 1 aromatic rings. The van der Waals surface area contributed by atoms with E-state index in [1.54, 1.807) is 6.92 Å². The van der Waals surface area contributed by atoms with Crippen molar-refractivity contribution in [1.29, 1.82) is 0 Å². The van der Waals surface area contributed by atoms with Crippen LogP contribution in [0.25, 0.3) is 0 Å². The minimum atomic E-state index is -0.816. The molecule has 0 saturated carbocycles. The number of benzene rings is 1. The second kappa shape index (κ2) is 7.29. The topological polar surface area (TPSA) is 52.6 Å². The van der Waals surface area contributed by atoms with Gasteiger partial charge in [0, 0.05) is 32.7 Å². The highest BCUT2D eigenvalue weighted by atomic mass is 16.3. The molecule has 0 aliphatic heterocycles. The van der Waals surface area contributed by atoms with E-state index in [1.807, 2.05) is 38.1 Å². The number of aryl methyl sites for hydroxylation is 1. The molecule has 0 aliphatic rings. The lowest BCUT2D eigenvalue weighted by molar-refractivity contribution is -0.122. The first-order chi connectivity index (χ1) is 9.34. The molecule has 1 unspecified atom stereocenters. The van der Waals surface area contributed by atoms with Gasteiger partial charge in [-0.15, -0.1) is 0 Å². The summed E-state index contributed by atoms with van der Waals surface area (Å²) in [5.74, 6) is -0.0181. The maximum Gasteiger partial charge on any atom is 0.220 e. The Morgan fingerprint density at radius 1 is 1.30 bits per heavy atom. The highest BCUT2D eigenvalue weighted by Crippen LogP contribution is 2.13. The van der Waals surface area contributed by atoms with Crippen molar-refractivity contribution in [2.24, 2.45) is 0 Å². The van der Waals surface area contributed by atoms with Crippen LogP contribution in [-0.2, 0) is 11.2 Å². The fraction of sp³-hybridized carbons (Fsp3) is 0.562. The second-order valence-corrected chi connectivity index (χ2v) is 5.69. The Hall–Kier alpha value is -1.55. The summed E-state index contributed by atoms with van der Waals surface area (Å²) in [7, 11) is 4.00. The van der Waals surface area contributed by atoms with Crippen molar-refractivity contribution < 1.29 is 9.90 Å². The van der Waals surface area contributed by atoms with Gasteiger partial charge in [0.05, 0.1) is 5.60 Å². The monoisotopic (exact) mass is 278 g/mol. The molecule has 20 heavy (non-hydrogen) atoms. The Labute approximate surface area is 121 Å². The maximum absolute atomic E-state index is 11.7. The number of carbonyl (C=O) groups is 1. The molecule has 2 N–H and O–H groups in total. The number of hydrogen-bond acceptors (Lipinski definition) is 3. The molecule has 1 aromatic carbocycles. The minimum Gasteiger partial charge on any atom is -0.388 e. The Balaban J connectivity index is 2.37. The average molecular weight is 278 g/mol. The molecule has 1 atom stereocenters. The van der Waals surface area contributed by atoms with E-state index in [2.05, 4.69) is 17.4 Å². The van der Waals surface area contributed by atoms with Gasteiger partial charge in [0.2, 0.25) is 5.91 Å². The summed E-state index contributed by atoms with van der Waals surface area (Å²) in [4.78, 5) is 13.8. The number of aliphatic hydroxyl groups is 1. The molecule has 0 aromatic heterocycles. The normalized spacial score (nSPS) is 13.7. The molecular weight excluding hydrogens is 252 g/mol. The number of nitrogens with zero attached hydrogens (tertiary/aromatic N) is 1. The SMILES string of the molecule is CCC(C)(O)CNC(=O)CCc1ccc(N(C)C)cc1. The minimum absolute atomic E-state index is 0.0181. The molecule has 0 spiro atoms. The van der Waals surface area contributed by atoms with Crippen molar-refractivity contribution in [3.63, 3.8) is 0 Å². The third-order valence-electron chi connectivity index (χ3n) is 3.52. The first-order valence-electron chi connectivity index (χ1n) is 7.09. The third-order valence-corrected chi connectivity index (χ3v) is 3.52. The summed E-state index contributed by atoms with van der Waals surface area (Å²) in [6.07, 6.45) is 1.79. The summed E-state index contributed by atoms with van der Waals surface area (Å²) in [5.41, 5.74) is 1.48.